The van der Waals surface area contributed by atoms with E-state index in [9.17, 15) is 10.1 Å². The molecule has 134 valence electrons. The van der Waals surface area contributed by atoms with Crippen LogP contribution in [0.15, 0.2) is 24.3 Å². The van der Waals surface area contributed by atoms with Crippen LogP contribution in [0.5, 0.6) is 0 Å². The van der Waals surface area contributed by atoms with Crippen LogP contribution in [-0.2, 0) is 30.6 Å². The highest BCUT2D eigenvalue weighted by Crippen LogP contribution is 2.39. The zero-order valence-electron chi connectivity index (χ0n) is 15.0. The molecule has 1 amide bonds. The topological polar surface area (TPSA) is 56.1 Å². The van der Waals surface area contributed by atoms with E-state index in [0.717, 1.165) is 49.3 Å². The molecule has 0 bridgehead atoms. The Morgan fingerprint density at radius 2 is 2.15 bits per heavy atom. The molecule has 0 saturated heterocycles. The summed E-state index contributed by atoms with van der Waals surface area (Å²) < 4.78 is 0. The summed E-state index contributed by atoms with van der Waals surface area (Å²) >= 11 is 1.60. The van der Waals surface area contributed by atoms with Crippen molar-refractivity contribution in [2.24, 2.45) is 5.92 Å². The molecule has 4 nitrogen and oxygen atoms in total. The summed E-state index contributed by atoms with van der Waals surface area (Å²) in [5.41, 5.74) is 4.55. The lowest BCUT2D eigenvalue weighted by molar-refractivity contribution is -0.117. The van der Waals surface area contributed by atoms with Crippen molar-refractivity contribution in [3.05, 3.63) is 51.4 Å². The molecular weight excluding hydrogens is 342 g/mol. The minimum atomic E-state index is -0.0208. The van der Waals surface area contributed by atoms with Gasteiger partial charge in [-0.1, -0.05) is 31.2 Å². The van der Waals surface area contributed by atoms with Gasteiger partial charge in [0.15, 0.2) is 0 Å². The molecule has 0 saturated carbocycles. The van der Waals surface area contributed by atoms with Crippen molar-refractivity contribution in [3.8, 4) is 6.07 Å². The molecule has 0 spiro atoms. The van der Waals surface area contributed by atoms with Crippen LogP contribution in [0.25, 0.3) is 0 Å². The monoisotopic (exact) mass is 365 g/mol. The number of fused-ring (bicyclic) bond motifs is 2. The predicted molar refractivity (Wildman–Crippen MR) is 104 cm³/mol. The van der Waals surface area contributed by atoms with Gasteiger partial charge in [0.25, 0.3) is 0 Å². The number of carbonyl (C=O) groups is 1. The summed E-state index contributed by atoms with van der Waals surface area (Å²) in [6, 6.07) is 10.8. The highest BCUT2D eigenvalue weighted by molar-refractivity contribution is 7.16. The lowest BCUT2D eigenvalue weighted by Gasteiger charge is -2.27. The number of nitriles is 1. The number of hydrogen-bond donors (Lipinski definition) is 1. The summed E-state index contributed by atoms with van der Waals surface area (Å²) in [4.78, 5) is 16.0. The molecule has 1 aliphatic carbocycles. The minimum Gasteiger partial charge on any atom is -0.315 e. The average molecular weight is 366 g/mol. The molecule has 26 heavy (non-hydrogen) atoms. The van der Waals surface area contributed by atoms with Gasteiger partial charge in [0.05, 0.1) is 12.1 Å². The highest BCUT2D eigenvalue weighted by Gasteiger charge is 2.25. The maximum absolute atomic E-state index is 12.6. The molecule has 5 heteroatoms. The number of nitrogens with one attached hydrogen (secondary N) is 1. The Morgan fingerprint density at radius 1 is 1.35 bits per heavy atom. The van der Waals surface area contributed by atoms with Gasteiger partial charge in [0, 0.05) is 18.0 Å². The van der Waals surface area contributed by atoms with Gasteiger partial charge in [0.2, 0.25) is 5.91 Å². The van der Waals surface area contributed by atoms with Crippen LogP contribution in [0.4, 0.5) is 5.00 Å². The zero-order chi connectivity index (χ0) is 18.1. The first-order chi connectivity index (χ1) is 12.6. The quantitative estimate of drug-likeness (QED) is 0.901. The maximum atomic E-state index is 12.6. The van der Waals surface area contributed by atoms with Crippen LogP contribution in [0, 0.1) is 17.2 Å². The molecule has 1 N–H and O–H groups in total. The average Bonchev–Trinajstić information content (AvgIpc) is 2.97. The number of carbonyl (C=O) groups excluding carboxylic acids is 1. The molecule has 0 fully saturated rings. The fraction of sp³-hybridized carbons (Fsp3) is 0.429. The zero-order valence-corrected chi connectivity index (χ0v) is 15.9. The lowest BCUT2D eigenvalue weighted by Crippen LogP contribution is -2.37. The third-order valence-corrected chi connectivity index (χ3v) is 6.62. The number of nitrogens with zero attached hydrogens (tertiary/aromatic N) is 2. The highest BCUT2D eigenvalue weighted by atomic mass is 32.1. The van der Waals surface area contributed by atoms with Gasteiger partial charge in [0.1, 0.15) is 11.1 Å². The van der Waals surface area contributed by atoms with Crippen molar-refractivity contribution in [1.82, 2.24) is 4.90 Å². The number of benzene rings is 1. The Labute approximate surface area is 158 Å². The Bertz CT molecular complexity index is 880. The molecule has 0 radical (unpaired) electrons. The standard InChI is InChI=1S/C21H23N3OS/c1-14-6-7-17-18(11-22)21(26-19(17)10-14)23-20(25)13-24-9-8-15-4-2-3-5-16(15)12-24/h2-5,14H,6-10,12-13H2,1H3,(H,23,25)/t14-/m1/s1. The minimum absolute atomic E-state index is 0.0208. The fourth-order valence-electron chi connectivity index (χ4n) is 4.02. The molecular formula is C21H23N3OS. The van der Waals surface area contributed by atoms with E-state index in [0.29, 0.717) is 18.0 Å². The van der Waals surface area contributed by atoms with E-state index < -0.39 is 0 Å². The molecule has 1 aromatic heterocycles. The lowest BCUT2D eigenvalue weighted by atomic mass is 9.89. The van der Waals surface area contributed by atoms with Crippen LogP contribution < -0.4 is 5.32 Å². The number of thiophene rings is 1. The number of rotatable bonds is 3. The van der Waals surface area contributed by atoms with Gasteiger partial charge in [-0.05, 0) is 48.3 Å². The Morgan fingerprint density at radius 3 is 2.96 bits per heavy atom. The first kappa shape index (κ1) is 17.3. The molecule has 4 rings (SSSR count). The molecule has 2 aromatic rings. The van der Waals surface area contributed by atoms with E-state index in [4.69, 9.17) is 0 Å². The first-order valence-electron chi connectivity index (χ1n) is 9.27. The van der Waals surface area contributed by atoms with Crippen molar-refractivity contribution in [2.75, 3.05) is 18.4 Å². The van der Waals surface area contributed by atoms with Crippen LogP contribution >= 0.6 is 11.3 Å². The molecule has 2 heterocycles. The summed E-state index contributed by atoms with van der Waals surface area (Å²) in [5.74, 6) is 0.636. The van der Waals surface area contributed by atoms with Crippen molar-refractivity contribution in [3.63, 3.8) is 0 Å². The van der Waals surface area contributed by atoms with Crippen LogP contribution in [0.1, 0.15) is 40.5 Å². The van der Waals surface area contributed by atoms with Crippen molar-refractivity contribution < 1.29 is 4.79 Å². The molecule has 0 unspecified atom stereocenters. The molecule has 2 aliphatic rings. The largest absolute Gasteiger partial charge is 0.315 e. The van der Waals surface area contributed by atoms with E-state index >= 15 is 0 Å². The number of anilines is 1. The molecule has 1 aromatic carbocycles. The first-order valence-corrected chi connectivity index (χ1v) is 10.1. The maximum Gasteiger partial charge on any atom is 0.239 e. The van der Waals surface area contributed by atoms with Gasteiger partial charge in [-0.2, -0.15) is 5.26 Å². The van der Waals surface area contributed by atoms with E-state index in [-0.39, 0.29) is 5.91 Å². The third kappa shape index (κ3) is 3.40. The number of hydrogen-bond acceptors (Lipinski definition) is 4. The van der Waals surface area contributed by atoms with Crippen LogP contribution in [0.2, 0.25) is 0 Å². The molecule has 1 aliphatic heterocycles. The number of amides is 1. The van der Waals surface area contributed by atoms with E-state index in [1.807, 2.05) is 0 Å². The summed E-state index contributed by atoms with van der Waals surface area (Å²) in [7, 11) is 0. The second kappa shape index (κ2) is 7.22. The fourth-order valence-corrected chi connectivity index (χ4v) is 5.39. The van der Waals surface area contributed by atoms with Gasteiger partial charge < -0.3 is 5.32 Å². The van der Waals surface area contributed by atoms with Crippen LogP contribution in [0.3, 0.4) is 0 Å². The van der Waals surface area contributed by atoms with Gasteiger partial charge >= 0.3 is 0 Å². The smallest absolute Gasteiger partial charge is 0.239 e. The summed E-state index contributed by atoms with van der Waals surface area (Å²) in [5, 5.41) is 13.3. The van der Waals surface area contributed by atoms with Gasteiger partial charge in [-0.15, -0.1) is 11.3 Å². The molecule has 1 atom stereocenters. The van der Waals surface area contributed by atoms with E-state index in [1.165, 1.54) is 16.0 Å². The van der Waals surface area contributed by atoms with Crippen molar-refractivity contribution in [2.45, 2.75) is 39.2 Å². The summed E-state index contributed by atoms with van der Waals surface area (Å²) in [6.07, 6.45) is 4.08. The Hall–Kier alpha value is -2.16. The van der Waals surface area contributed by atoms with Crippen molar-refractivity contribution >= 4 is 22.2 Å². The second-order valence-corrected chi connectivity index (χ2v) is 8.55. The SMILES string of the molecule is C[C@@H]1CCc2c(sc(NC(=O)CN3CCc4ccccc4C3)c2C#N)C1. The third-order valence-electron chi connectivity index (χ3n) is 5.45. The second-order valence-electron chi connectivity index (χ2n) is 7.45. The van der Waals surface area contributed by atoms with Gasteiger partial charge in [-0.3, -0.25) is 9.69 Å². The predicted octanol–water partition coefficient (Wildman–Crippen LogP) is 3.74. The van der Waals surface area contributed by atoms with Gasteiger partial charge in [-0.25, -0.2) is 0 Å². The van der Waals surface area contributed by atoms with E-state index in [1.54, 1.807) is 11.3 Å². The Balaban J connectivity index is 1.44. The van der Waals surface area contributed by atoms with Crippen LogP contribution in [-0.4, -0.2) is 23.9 Å². The van der Waals surface area contributed by atoms with E-state index in [2.05, 4.69) is 47.5 Å². The van der Waals surface area contributed by atoms with Crippen molar-refractivity contribution in [1.29, 1.82) is 5.26 Å². The Kier molecular flexibility index (Phi) is 4.80. The normalized spacial score (nSPS) is 19.3. The summed E-state index contributed by atoms with van der Waals surface area (Å²) in [6.45, 7) is 4.33.